The molecule has 0 radical (unpaired) electrons. The number of imidazole rings is 1. The summed E-state index contributed by atoms with van der Waals surface area (Å²) in [6.45, 7) is 0. The molecule has 6 nitrogen and oxygen atoms in total. The van der Waals surface area contributed by atoms with Crippen molar-refractivity contribution in [1.82, 2.24) is 29.1 Å². The van der Waals surface area contributed by atoms with Crippen molar-refractivity contribution >= 4 is 40.6 Å². The summed E-state index contributed by atoms with van der Waals surface area (Å²) in [7, 11) is 0. The van der Waals surface area contributed by atoms with Gasteiger partial charge in [0.15, 0.2) is 11.0 Å². The van der Waals surface area contributed by atoms with Gasteiger partial charge < -0.3 is 4.40 Å². The van der Waals surface area contributed by atoms with E-state index in [0.29, 0.717) is 21.6 Å². The predicted octanol–water partition coefficient (Wildman–Crippen LogP) is 5.58. The van der Waals surface area contributed by atoms with Crippen LogP contribution in [0.5, 0.6) is 0 Å². The summed E-state index contributed by atoms with van der Waals surface area (Å²) in [6.07, 6.45) is 7.48. The minimum Gasteiger partial charge on any atom is -0.307 e. The van der Waals surface area contributed by atoms with Crippen molar-refractivity contribution in [3.05, 3.63) is 89.1 Å². The topological polar surface area (TPSA) is 60.9 Å². The number of hydrogen-bond donors (Lipinski definition) is 0. The first-order chi connectivity index (χ1) is 14.7. The molecule has 0 N–H and O–H groups in total. The van der Waals surface area contributed by atoms with E-state index in [1.165, 1.54) is 0 Å². The standard InChI is InChI=1S/C21H14Cl2N6S/c22-17-7-6-16(10-18(17)23)29-20(14-4-3-8-24-11-14)26-27-21(29)30-13-15-12-28-9-2-1-5-19(28)25-15/h1-12H,13H2. The Kier molecular flexibility index (Phi) is 5.16. The zero-order valence-corrected chi connectivity index (χ0v) is 17.8. The van der Waals surface area contributed by atoms with Gasteiger partial charge in [-0.2, -0.15) is 0 Å². The average molecular weight is 453 g/mol. The van der Waals surface area contributed by atoms with Gasteiger partial charge in [-0.05, 0) is 42.5 Å². The Morgan fingerprint density at radius 2 is 1.90 bits per heavy atom. The molecule has 0 atom stereocenters. The van der Waals surface area contributed by atoms with Crippen molar-refractivity contribution in [2.75, 3.05) is 0 Å². The molecule has 148 valence electrons. The van der Waals surface area contributed by atoms with Crippen LogP contribution in [0.3, 0.4) is 0 Å². The number of rotatable bonds is 5. The van der Waals surface area contributed by atoms with E-state index < -0.39 is 0 Å². The van der Waals surface area contributed by atoms with E-state index in [9.17, 15) is 0 Å². The Morgan fingerprint density at radius 1 is 0.967 bits per heavy atom. The van der Waals surface area contributed by atoms with Crippen LogP contribution in [0, 0.1) is 0 Å². The van der Waals surface area contributed by atoms with Crippen LogP contribution in [0.25, 0.3) is 22.7 Å². The lowest BCUT2D eigenvalue weighted by molar-refractivity contribution is 0.885. The first-order valence-electron chi connectivity index (χ1n) is 9.06. The molecule has 1 aromatic carbocycles. The highest BCUT2D eigenvalue weighted by atomic mass is 35.5. The van der Waals surface area contributed by atoms with Crippen LogP contribution in [0.1, 0.15) is 5.69 Å². The van der Waals surface area contributed by atoms with Gasteiger partial charge in [0, 0.05) is 36.1 Å². The van der Waals surface area contributed by atoms with Crippen molar-refractivity contribution in [2.45, 2.75) is 10.9 Å². The number of halogens is 2. The van der Waals surface area contributed by atoms with E-state index in [-0.39, 0.29) is 0 Å². The average Bonchev–Trinajstić information content (AvgIpc) is 3.38. The molecule has 5 rings (SSSR count). The van der Waals surface area contributed by atoms with Crippen LogP contribution >= 0.6 is 35.0 Å². The van der Waals surface area contributed by atoms with E-state index in [2.05, 4.69) is 20.2 Å². The van der Waals surface area contributed by atoms with Gasteiger partial charge >= 0.3 is 0 Å². The van der Waals surface area contributed by atoms with Crippen LogP contribution in [0.4, 0.5) is 0 Å². The fourth-order valence-electron chi connectivity index (χ4n) is 3.10. The van der Waals surface area contributed by atoms with E-state index >= 15 is 0 Å². The number of nitrogens with zero attached hydrogens (tertiary/aromatic N) is 6. The molecule has 0 saturated carbocycles. The van der Waals surface area contributed by atoms with Gasteiger partial charge in [-0.1, -0.05) is 41.0 Å². The monoisotopic (exact) mass is 452 g/mol. The van der Waals surface area contributed by atoms with Gasteiger partial charge in [-0.3, -0.25) is 9.55 Å². The van der Waals surface area contributed by atoms with Crippen molar-refractivity contribution < 1.29 is 0 Å². The van der Waals surface area contributed by atoms with Gasteiger partial charge in [0.25, 0.3) is 0 Å². The lowest BCUT2D eigenvalue weighted by Crippen LogP contribution is -2.00. The van der Waals surface area contributed by atoms with E-state index in [1.807, 2.05) is 63.8 Å². The molecular formula is C21H14Cl2N6S. The molecule has 4 heterocycles. The van der Waals surface area contributed by atoms with Crippen LogP contribution in [-0.4, -0.2) is 29.1 Å². The molecule has 0 spiro atoms. The molecule has 9 heteroatoms. The molecule has 4 aromatic heterocycles. The first kappa shape index (κ1) is 19.1. The summed E-state index contributed by atoms with van der Waals surface area (Å²) < 4.78 is 3.96. The fourth-order valence-corrected chi connectivity index (χ4v) is 4.23. The van der Waals surface area contributed by atoms with Crippen molar-refractivity contribution in [3.63, 3.8) is 0 Å². The molecule has 0 unspecified atom stereocenters. The minimum atomic E-state index is 0.469. The molecule has 0 aliphatic heterocycles. The predicted molar refractivity (Wildman–Crippen MR) is 119 cm³/mol. The zero-order valence-electron chi connectivity index (χ0n) is 15.5. The van der Waals surface area contributed by atoms with Gasteiger partial charge in [-0.25, -0.2) is 4.98 Å². The van der Waals surface area contributed by atoms with Gasteiger partial charge in [0.05, 0.1) is 21.4 Å². The maximum atomic E-state index is 6.28. The fraction of sp³-hybridized carbons (Fsp3) is 0.0476. The van der Waals surface area contributed by atoms with Gasteiger partial charge in [0.2, 0.25) is 0 Å². The number of hydrogen-bond acceptors (Lipinski definition) is 5. The Bertz CT molecular complexity index is 1300. The highest BCUT2D eigenvalue weighted by Gasteiger charge is 2.18. The van der Waals surface area contributed by atoms with Crippen LogP contribution in [0.15, 0.2) is 78.5 Å². The Labute approximate surface area is 186 Å². The summed E-state index contributed by atoms with van der Waals surface area (Å²) in [5, 5.41) is 10.5. The quantitative estimate of drug-likeness (QED) is 0.326. The summed E-state index contributed by atoms with van der Waals surface area (Å²) in [6, 6.07) is 15.2. The molecule has 0 aliphatic carbocycles. The summed E-state index contributed by atoms with van der Waals surface area (Å²) in [5.41, 5.74) is 3.55. The number of fused-ring (bicyclic) bond motifs is 1. The maximum absolute atomic E-state index is 6.28. The Balaban J connectivity index is 1.54. The van der Waals surface area contributed by atoms with Gasteiger partial charge in [-0.15, -0.1) is 10.2 Å². The number of aromatic nitrogens is 6. The molecular weight excluding hydrogens is 439 g/mol. The summed E-state index contributed by atoms with van der Waals surface area (Å²) in [5.74, 6) is 1.33. The Morgan fingerprint density at radius 3 is 2.70 bits per heavy atom. The normalized spacial score (nSPS) is 11.3. The molecule has 5 aromatic rings. The van der Waals surface area contributed by atoms with E-state index in [1.54, 1.807) is 30.2 Å². The second kappa shape index (κ2) is 8.10. The molecule has 0 amide bonds. The van der Waals surface area contributed by atoms with Crippen molar-refractivity contribution in [1.29, 1.82) is 0 Å². The number of benzene rings is 1. The van der Waals surface area contributed by atoms with Crippen LogP contribution in [0.2, 0.25) is 10.0 Å². The van der Waals surface area contributed by atoms with Crippen LogP contribution in [-0.2, 0) is 5.75 Å². The summed E-state index contributed by atoms with van der Waals surface area (Å²) >= 11 is 14.0. The maximum Gasteiger partial charge on any atom is 0.196 e. The molecule has 0 aliphatic rings. The van der Waals surface area contributed by atoms with Gasteiger partial charge in [0.1, 0.15) is 5.65 Å². The largest absolute Gasteiger partial charge is 0.307 e. The third kappa shape index (κ3) is 3.67. The molecule has 30 heavy (non-hydrogen) atoms. The lowest BCUT2D eigenvalue weighted by Gasteiger charge is -2.11. The van der Waals surface area contributed by atoms with E-state index in [0.717, 1.165) is 27.7 Å². The molecule has 0 fully saturated rings. The SMILES string of the molecule is Clc1ccc(-n2c(SCc3cn4ccccc4n3)nnc2-c2cccnc2)cc1Cl. The summed E-state index contributed by atoms with van der Waals surface area (Å²) in [4.78, 5) is 8.86. The second-order valence-electron chi connectivity index (χ2n) is 6.47. The third-order valence-electron chi connectivity index (χ3n) is 4.48. The number of pyridine rings is 2. The Hall–Kier alpha value is -2.87. The molecule has 0 saturated heterocycles. The molecule has 0 bridgehead atoms. The van der Waals surface area contributed by atoms with Crippen molar-refractivity contribution in [3.8, 4) is 17.1 Å². The highest BCUT2D eigenvalue weighted by Crippen LogP contribution is 2.32. The van der Waals surface area contributed by atoms with Crippen molar-refractivity contribution in [2.24, 2.45) is 0 Å². The minimum absolute atomic E-state index is 0.469. The van der Waals surface area contributed by atoms with E-state index in [4.69, 9.17) is 23.2 Å². The lowest BCUT2D eigenvalue weighted by atomic mass is 10.2. The highest BCUT2D eigenvalue weighted by molar-refractivity contribution is 7.98. The third-order valence-corrected chi connectivity index (χ3v) is 6.18. The van der Waals surface area contributed by atoms with Crippen LogP contribution < -0.4 is 0 Å². The zero-order chi connectivity index (χ0) is 20.5. The first-order valence-corrected chi connectivity index (χ1v) is 10.8. The second-order valence-corrected chi connectivity index (χ2v) is 8.23. The smallest absolute Gasteiger partial charge is 0.196 e. The number of thioether (sulfide) groups is 1.